The molecular formula is C13H17Cl2NO3Ru. The van der Waals surface area contributed by atoms with Crippen molar-refractivity contribution in [2.75, 3.05) is 14.2 Å². The summed E-state index contributed by atoms with van der Waals surface area (Å²) in [5, 5.41) is 1.16. The van der Waals surface area contributed by atoms with E-state index in [9.17, 15) is 4.79 Å². The SMILES string of the molecule is [CH2-][O+](c1ccccc1[CH]=[Ru]([Cl])[Cl])C(C)C(=O)N(C)OC. The van der Waals surface area contributed by atoms with E-state index in [1.54, 1.807) is 14.0 Å². The predicted octanol–water partition coefficient (Wildman–Crippen LogP) is 3.23. The molecule has 0 aliphatic rings. The van der Waals surface area contributed by atoms with Crippen LogP contribution in [-0.4, -0.2) is 35.8 Å². The second kappa shape index (κ2) is 8.09. The van der Waals surface area contributed by atoms with Crippen molar-refractivity contribution in [3.05, 3.63) is 36.9 Å². The van der Waals surface area contributed by atoms with Crippen molar-refractivity contribution in [2.45, 2.75) is 13.0 Å². The van der Waals surface area contributed by atoms with Crippen LogP contribution in [-0.2, 0) is 27.5 Å². The van der Waals surface area contributed by atoms with Crippen LogP contribution in [0.15, 0.2) is 24.3 Å². The Morgan fingerprint density at radius 1 is 1.50 bits per heavy atom. The van der Waals surface area contributed by atoms with Gasteiger partial charge in [-0.3, -0.25) is 0 Å². The van der Waals surface area contributed by atoms with Gasteiger partial charge in [-0.15, -0.1) is 0 Å². The first-order chi connectivity index (χ1) is 9.38. The summed E-state index contributed by atoms with van der Waals surface area (Å²) in [6.07, 6.45) is -0.555. The molecule has 1 atom stereocenters. The number of halogens is 2. The van der Waals surface area contributed by atoms with Crippen LogP contribution in [0.4, 0.5) is 0 Å². The van der Waals surface area contributed by atoms with E-state index in [1.807, 2.05) is 28.9 Å². The van der Waals surface area contributed by atoms with Crippen LogP contribution in [0.5, 0.6) is 5.75 Å². The van der Waals surface area contributed by atoms with Gasteiger partial charge in [0.2, 0.25) is 0 Å². The molecule has 1 rings (SSSR count). The summed E-state index contributed by atoms with van der Waals surface area (Å²) in [6, 6.07) is 7.45. The molecule has 1 aromatic rings. The Morgan fingerprint density at radius 3 is 2.65 bits per heavy atom. The third kappa shape index (κ3) is 4.52. The maximum atomic E-state index is 12.1. The summed E-state index contributed by atoms with van der Waals surface area (Å²) in [6.45, 7) is 1.73. The van der Waals surface area contributed by atoms with E-state index in [1.165, 1.54) is 7.11 Å². The molecule has 0 aliphatic carbocycles. The molecule has 0 aliphatic heterocycles. The summed E-state index contributed by atoms with van der Waals surface area (Å²) >= 11 is -1.96. The molecule has 114 valence electrons. The molecule has 0 heterocycles. The van der Waals surface area contributed by atoms with Crippen molar-refractivity contribution in [1.82, 2.24) is 5.06 Å². The molecule has 0 radical (unpaired) electrons. The summed E-state index contributed by atoms with van der Waals surface area (Å²) < 4.78 is 4.36. The Labute approximate surface area is 132 Å². The van der Waals surface area contributed by atoms with Crippen molar-refractivity contribution < 1.29 is 27.5 Å². The summed E-state index contributed by atoms with van der Waals surface area (Å²) in [5.41, 5.74) is 0.844. The van der Waals surface area contributed by atoms with Crippen LogP contribution in [0.1, 0.15) is 12.5 Å². The average Bonchev–Trinajstić information content (AvgIpc) is 2.44. The fourth-order valence-corrected chi connectivity index (χ4v) is 3.35. The van der Waals surface area contributed by atoms with Crippen LogP contribution in [0.2, 0.25) is 0 Å². The molecule has 0 fully saturated rings. The molecule has 0 saturated carbocycles. The number of para-hydroxylation sites is 1. The number of hydrogen-bond acceptors (Lipinski definition) is 2. The molecule has 0 saturated heterocycles. The van der Waals surface area contributed by atoms with Crippen LogP contribution in [0.25, 0.3) is 0 Å². The zero-order valence-corrected chi connectivity index (χ0v) is 14.7. The van der Waals surface area contributed by atoms with Gasteiger partial charge < -0.3 is 0 Å². The Bertz CT molecular complexity index is 506. The summed E-state index contributed by atoms with van der Waals surface area (Å²) in [5.74, 6) is 0.492. The number of hydrogen-bond donors (Lipinski definition) is 0. The Kier molecular flexibility index (Phi) is 7.10. The summed E-state index contributed by atoms with van der Waals surface area (Å²) in [4.78, 5) is 17.0. The third-order valence-electron chi connectivity index (χ3n) is 2.75. The fraction of sp³-hybridized carbons (Fsp3) is 0.308. The van der Waals surface area contributed by atoms with Crippen molar-refractivity contribution in [1.29, 1.82) is 0 Å². The number of amides is 1. The molecule has 4 nitrogen and oxygen atoms in total. The zero-order chi connectivity index (χ0) is 15.3. The van der Waals surface area contributed by atoms with Gasteiger partial charge in [0.15, 0.2) is 0 Å². The van der Waals surface area contributed by atoms with E-state index in [0.717, 1.165) is 16.4 Å². The van der Waals surface area contributed by atoms with Gasteiger partial charge >= 0.3 is 132 Å². The number of hydroxylamine groups is 2. The Balaban J connectivity index is 3.06. The molecule has 1 unspecified atom stereocenters. The molecule has 0 bridgehead atoms. The van der Waals surface area contributed by atoms with E-state index < -0.39 is 19.6 Å². The molecule has 0 aromatic heterocycles. The minimum absolute atomic E-state index is 0.228. The Hall–Kier alpha value is -0.477. The van der Waals surface area contributed by atoms with Gasteiger partial charge in [-0.25, -0.2) is 0 Å². The number of likely N-dealkylation sites (N-methyl/N-ethyl adjacent to an activating group) is 1. The van der Waals surface area contributed by atoms with Gasteiger partial charge in [0.25, 0.3) is 0 Å². The van der Waals surface area contributed by atoms with Crippen LogP contribution >= 0.6 is 19.4 Å². The quantitative estimate of drug-likeness (QED) is 0.325. The molecule has 20 heavy (non-hydrogen) atoms. The van der Waals surface area contributed by atoms with Crippen LogP contribution < -0.4 is 0 Å². The van der Waals surface area contributed by atoms with E-state index in [2.05, 4.69) is 11.5 Å². The van der Waals surface area contributed by atoms with E-state index >= 15 is 0 Å². The summed E-state index contributed by atoms with van der Waals surface area (Å²) in [7, 11) is 18.7. The molecule has 7 heteroatoms. The molecule has 1 amide bonds. The second-order valence-corrected chi connectivity index (χ2v) is 9.66. The number of nitrogens with zero attached hydrogens (tertiary/aromatic N) is 1. The van der Waals surface area contributed by atoms with E-state index in [0.29, 0.717) is 0 Å². The van der Waals surface area contributed by atoms with E-state index in [-0.39, 0.29) is 5.91 Å². The number of benzene rings is 1. The monoisotopic (exact) mass is 407 g/mol. The van der Waals surface area contributed by atoms with Crippen molar-refractivity contribution in [3.8, 4) is 5.75 Å². The molecule has 1 aromatic carbocycles. The van der Waals surface area contributed by atoms with Gasteiger partial charge in [-0.05, 0) is 0 Å². The van der Waals surface area contributed by atoms with Crippen molar-refractivity contribution in [3.63, 3.8) is 0 Å². The van der Waals surface area contributed by atoms with Gasteiger partial charge in [-0.2, -0.15) is 0 Å². The van der Waals surface area contributed by atoms with E-state index in [4.69, 9.17) is 24.2 Å². The van der Waals surface area contributed by atoms with Crippen LogP contribution in [0, 0.1) is 7.11 Å². The standard InChI is InChI=1S/C13H17NO3.2ClH.Ru/c1-10-8-6-7-9-12(10)17(5)11(2)13(15)14(3)16-4;;;/h1,6-9,11H,5H2,2-4H3;2*1H;/q;;;+2/p-2. The second-order valence-electron chi connectivity index (χ2n) is 3.93. The van der Waals surface area contributed by atoms with Gasteiger partial charge in [-0.1, -0.05) is 0 Å². The average molecular weight is 407 g/mol. The Morgan fingerprint density at radius 2 is 2.10 bits per heavy atom. The zero-order valence-electron chi connectivity index (χ0n) is 11.5. The van der Waals surface area contributed by atoms with Gasteiger partial charge in [0, 0.05) is 0 Å². The first-order valence-corrected chi connectivity index (χ1v) is 11.1. The van der Waals surface area contributed by atoms with Crippen molar-refractivity contribution in [2.24, 2.45) is 0 Å². The molecular weight excluding hydrogens is 390 g/mol. The number of rotatable bonds is 5. The fourth-order valence-electron chi connectivity index (χ4n) is 1.54. The van der Waals surface area contributed by atoms with Crippen molar-refractivity contribution >= 4 is 29.9 Å². The van der Waals surface area contributed by atoms with Gasteiger partial charge in [0.05, 0.1) is 0 Å². The minimum atomic E-state index is -1.96. The normalized spacial score (nSPS) is 12.6. The third-order valence-corrected chi connectivity index (χ3v) is 4.58. The first kappa shape index (κ1) is 17.6. The molecule has 0 spiro atoms. The first-order valence-electron chi connectivity index (χ1n) is 5.65. The molecule has 0 N–H and O–H groups in total. The maximum absolute atomic E-state index is 12.1. The number of carbonyl (C=O) groups is 1. The topological polar surface area (TPSA) is 32.2 Å². The predicted molar refractivity (Wildman–Crippen MR) is 78.4 cm³/mol. The van der Waals surface area contributed by atoms with Gasteiger partial charge in [0.1, 0.15) is 0 Å². The van der Waals surface area contributed by atoms with Crippen LogP contribution in [0.3, 0.4) is 0 Å². The number of carbonyl (C=O) groups excluding carboxylic acids is 1.